The topological polar surface area (TPSA) is 108 Å². The van der Waals surface area contributed by atoms with Gasteiger partial charge in [-0.1, -0.05) is 72.4 Å². The lowest BCUT2D eigenvalue weighted by Crippen LogP contribution is -2.44. The maximum Gasteiger partial charge on any atom is 0.319 e. The lowest BCUT2D eigenvalue weighted by Gasteiger charge is -2.30. The second-order valence-electron chi connectivity index (χ2n) is 6.78. The number of hydrogen-bond donors (Lipinski definition) is 2. The van der Waals surface area contributed by atoms with E-state index in [0.29, 0.717) is 12.1 Å². The molecule has 0 aliphatic carbocycles. The zero-order chi connectivity index (χ0) is 22.2. The summed E-state index contributed by atoms with van der Waals surface area (Å²) in [7, 11) is 1.20. The fourth-order valence-electron chi connectivity index (χ4n) is 3.33. The number of carbonyl (C=O) groups excluding carboxylic acids is 3. The number of methoxy groups -OCH3 is 1. The standard InChI is InChI=1S/C23H21N3O4S/c1-30-23(29)20-19(16-10-6-3-7-11-16)17(12-24)22(26-21(20)28)31-14-18(27)25-13-15-8-4-2-5-9-15/h2-11,19-20H,13-14H2,1H3,(H,25,27)(H,26,28)/t19-,20+/m1/s1. The summed E-state index contributed by atoms with van der Waals surface area (Å²) in [5.41, 5.74) is 1.84. The van der Waals surface area contributed by atoms with Gasteiger partial charge in [0.05, 0.1) is 29.5 Å². The lowest BCUT2D eigenvalue weighted by molar-refractivity contribution is -0.150. The van der Waals surface area contributed by atoms with Crippen molar-refractivity contribution in [2.45, 2.75) is 12.5 Å². The predicted molar refractivity (Wildman–Crippen MR) is 116 cm³/mol. The van der Waals surface area contributed by atoms with Gasteiger partial charge in [-0.15, -0.1) is 0 Å². The molecule has 0 aromatic heterocycles. The van der Waals surface area contributed by atoms with Gasteiger partial charge in [0.15, 0.2) is 0 Å². The Bertz CT molecular complexity index is 1030. The Morgan fingerprint density at radius 3 is 2.39 bits per heavy atom. The normalized spacial score (nSPS) is 18.0. The van der Waals surface area contributed by atoms with E-state index in [1.165, 1.54) is 7.11 Å². The number of hydrogen-bond acceptors (Lipinski definition) is 6. The largest absolute Gasteiger partial charge is 0.468 e. The summed E-state index contributed by atoms with van der Waals surface area (Å²) in [6.45, 7) is 0.383. The van der Waals surface area contributed by atoms with Crippen molar-refractivity contribution in [3.8, 4) is 6.07 Å². The number of thioether (sulfide) groups is 1. The highest BCUT2D eigenvalue weighted by Crippen LogP contribution is 2.39. The Morgan fingerprint density at radius 1 is 1.13 bits per heavy atom. The van der Waals surface area contributed by atoms with Crippen molar-refractivity contribution in [1.29, 1.82) is 5.26 Å². The zero-order valence-corrected chi connectivity index (χ0v) is 17.6. The fraction of sp³-hybridized carbons (Fsp3) is 0.217. The van der Waals surface area contributed by atoms with Crippen molar-refractivity contribution >= 4 is 29.5 Å². The number of ether oxygens (including phenoxy) is 1. The number of amides is 2. The second kappa shape index (κ2) is 10.5. The average Bonchev–Trinajstić information content (AvgIpc) is 2.81. The van der Waals surface area contributed by atoms with Crippen LogP contribution in [0.25, 0.3) is 0 Å². The molecule has 2 aromatic rings. The molecule has 31 heavy (non-hydrogen) atoms. The molecular formula is C23H21N3O4S. The molecule has 2 atom stereocenters. The van der Waals surface area contributed by atoms with Gasteiger partial charge in [-0.25, -0.2) is 0 Å². The third kappa shape index (κ3) is 5.32. The number of nitriles is 1. The van der Waals surface area contributed by atoms with E-state index in [9.17, 15) is 19.6 Å². The summed E-state index contributed by atoms with van der Waals surface area (Å²) in [6.07, 6.45) is 0. The number of carbonyl (C=O) groups is 3. The highest BCUT2D eigenvalue weighted by atomic mass is 32.2. The van der Waals surface area contributed by atoms with Crippen LogP contribution in [0, 0.1) is 17.2 Å². The first-order valence-corrected chi connectivity index (χ1v) is 10.5. The minimum absolute atomic E-state index is 0.0119. The summed E-state index contributed by atoms with van der Waals surface area (Å²) >= 11 is 1.06. The van der Waals surface area contributed by atoms with Gasteiger partial charge in [0.2, 0.25) is 11.8 Å². The molecule has 0 fully saturated rings. The van der Waals surface area contributed by atoms with Gasteiger partial charge in [-0.3, -0.25) is 14.4 Å². The molecule has 0 unspecified atom stereocenters. The molecule has 0 saturated heterocycles. The third-order valence-electron chi connectivity index (χ3n) is 4.82. The first-order valence-electron chi connectivity index (χ1n) is 9.56. The van der Waals surface area contributed by atoms with Crippen molar-refractivity contribution in [1.82, 2.24) is 10.6 Å². The van der Waals surface area contributed by atoms with Crippen molar-refractivity contribution < 1.29 is 19.1 Å². The molecule has 0 spiro atoms. The SMILES string of the molecule is COC(=O)[C@@H]1C(=O)NC(SCC(=O)NCc2ccccc2)=C(C#N)[C@H]1c1ccccc1. The van der Waals surface area contributed by atoms with Gasteiger partial charge in [-0.05, 0) is 11.1 Å². The van der Waals surface area contributed by atoms with E-state index in [4.69, 9.17) is 4.74 Å². The maximum atomic E-state index is 12.7. The van der Waals surface area contributed by atoms with Gasteiger partial charge < -0.3 is 15.4 Å². The van der Waals surface area contributed by atoms with E-state index in [1.54, 1.807) is 24.3 Å². The van der Waals surface area contributed by atoms with Crippen LogP contribution in [0.1, 0.15) is 17.0 Å². The number of nitrogens with one attached hydrogen (secondary N) is 2. The molecule has 1 aliphatic rings. The molecule has 8 heteroatoms. The molecule has 158 valence electrons. The molecule has 0 saturated carbocycles. The molecule has 2 amide bonds. The van der Waals surface area contributed by atoms with Crippen LogP contribution in [0.3, 0.4) is 0 Å². The molecule has 1 heterocycles. The lowest BCUT2D eigenvalue weighted by atomic mass is 9.78. The minimum Gasteiger partial charge on any atom is -0.468 e. The molecule has 2 aromatic carbocycles. The van der Waals surface area contributed by atoms with Crippen molar-refractivity contribution in [2.75, 3.05) is 12.9 Å². The van der Waals surface area contributed by atoms with E-state index >= 15 is 0 Å². The zero-order valence-electron chi connectivity index (χ0n) is 16.8. The van der Waals surface area contributed by atoms with Crippen LogP contribution in [0.2, 0.25) is 0 Å². The Morgan fingerprint density at radius 2 is 1.77 bits per heavy atom. The van der Waals surface area contributed by atoms with Crippen LogP contribution in [-0.2, 0) is 25.7 Å². The van der Waals surface area contributed by atoms with E-state index in [0.717, 1.165) is 17.3 Å². The quantitative estimate of drug-likeness (QED) is 0.511. The predicted octanol–water partition coefficient (Wildman–Crippen LogP) is 2.47. The Labute approximate surface area is 184 Å². The van der Waals surface area contributed by atoms with E-state index in [2.05, 4.69) is 16.7 Å². The van der Waals surface area contributed by atoms with Crippen LogP contribution in [0.15, 0.2) is 71.3 Å². The molecule has 7 nitrogen and oxygen atoms in total. The smallest absolute Gasteiger partial charge is 0.319 e. The first-order chi connectivity index (χ1) is 15.0. The van der Waals surface area contributed by atoms with Crippen LogP contribution < -0.4 is 10.6 Å². The van der Waals surface area contributed by atoms with Gasteiger partial charge in [0.25, 0.3) is 0 Å². The Balaban J connectivity index is 1.80. The van der Waals surface area contributed by atoms with Crippen molar-refractivity contribution in [2.24, 2.45) is 5.92 Å². The first kappa shape index (κ1) is 22.1. The van der Waals surface area contributed by atoms with E-state index < -0.39 is 23.7 Å². The van der Waals surface area contributed by atoms with Gasteiger partial charge in [0, 0.05) is 12.5 Å². The fourth-order valence-corrected chi connectivity index (χ4v) is 4.20. The van der Waals surface area contributed by atoms with Crippen LogP contribution in [0.4, 0.5) is 0 Å². The average molecular weight is 436 g/mol. The number of allylic oxidation sites excluding steroid dienone is 1. The summed E-state index contributed by atoms with van der Waals surface area (Å²) in [4.78, 5) is 37.3. The van der Waals surface area contributed by atoms with Crippen LogP contribution in [0.5, 0.6) is 0 Å². The highest BCUT2D eigenvalue weighted by Gasteiger charge is 2.44. The Kier molecular flexibility index (Phi) is 7.46. The monoisotopic (exact) mass is 435 g/mol. The van der Waals surface area contributed by atoms with Crippen molar-refractivity contribution in [3.63, 3.8) is 0 Å². The molecule has 3 rings (SSSR count). The summed E-state index contributed by atoms with van der Waals surface area (Å²) in [5, 5.41) is 15.5. The molecule has 2 N–H and O–H groups in total. The molecule has 0 radical (unpaired) electrons. The molecule has 1 aliphatic heterocycles. The minimum atomic E-state index is -1.18. The van der Waals surface area contributed by atoms with Gasteiger partial charge in [0.1, 0.15) is 5.92 Å². The second-order valence-corrected chi connectivity index (χ2v) is 7.77. The summed E-state index contributed by atoms with van der Waals surface area (Å²) in [5.74, 6) is -3.48. The van der Waals surface area contributed by atoms with Gasteiger partial charge in [-0.2, -0.15) is 5.26 Å². The number of benzene rings is 2. The Hall–Kier alpha value is -3.57. The van der Waals surface area contributed by atoms with Crippen molar-refractivity contribution in [3.05, 3.63) is 82.4 Å². The maximum absolute atomic E-state index is 12.7. The highest BCUT2D eigenvalue weighted by molar-refractivity contribution is 8.03. The number of esters is 1. The summed E-state index contributed by atoms with van der Waals surface area (Å²) < 4.78 is 4.81. The third-order valence-corrected chi connectivity index (χ3v) is 5.84. The van der Waals surface area contributed by atoms with Crippen LogP contribution >= 0.6 is 11.8 Å². The molecular weight excluding hydrogens is 414 g/mol. The summed E-state index contributed by atoms with van der Waals surface area (Å²) in [6, 6.07) is 20.5. The van der Waals surface area contributed by atoms with E-state index in [-0.39, 0.29) is 22.3 Å². The van der Waals surface area contributed by atoms with Crippen LogP contribution in [-0.4, -0.2) is 30.6 Å². The van der Waals surface area contributed by atoms with E-state index in [1.807, 2.05) is 36.4 Å². The number of nitrogens with zero attached hydrogens (tertiary/aromatic N) is 1. The van der Waals surface area contributed by atoms with Gasteiger partial charge >= 0.3 is 5.97 Å². The molecule has 0 bridgehead atoms. The number of rotatable bonds is 7.